The Morgan fingerprint density at radius 2 is 2.04 bits per heavy atom. The summed E-state index contributed by atoms with van der Waals surface area (Å²) < 4.78 is 5.11. The monoisotopic (exact) mass is 334 g/mol. The van der Waals surface area contributed by atoms with Crippen molar-refractivity contribution in [2.75, 3.05) is 6.61 Å². The lowest BCUT2D eigenvalue weighted by Crippen LogP contribution is -2.48. The van der Waals surface area contributed by atoms with E-state index in [0.29, 0.717) is 35.7 Å². The molecule has 1 fully saturated rings. The first-order valence-corrected chi connectivity index (χ1v) is 10.0. The predicted molar refractivity (Wildman–Crippen MR) is 101 cm³/mol. The number of rotatable bonds is 6. The zero-order valence-corrected chi connectivity index (χ0v) is 16.8. The first-order valence-electron chi connectivity index (χ1n) is 10.0. The standard InChI is InChI=1S/C22H38O2/c1-7-24-20(23)15-16(2)9-11-18-17(3)10-12-19-21(4,5)13-8-14-22(18,19)6/h10,16,18-19H,7-9,11-15H2,1-6H3. The normalized spacial score (nSPS) is 33.3. The fraction of sp³-hybridized carbons (Fsp3) is 0.864. The zero-order chi connectivity index (χ0) is 18.0. The van der Waals surface area contributed by atoms with E-state index in [0.717, 1.165) is 12.3 Å². The molecule has 24 heavy (non-hydrogen) atoms. The summed E-state index contributed by atoms with van der Waals surface area (Å²) in [5.41, 5.74) is 2.48. The van der Waals surface area contributed by atoms with Gasteiger partial charge in [-0.15, -0.1) is 0 Å². The Morgan fingerprint density at radius 1 is 1.33 bits per heavy atom. The summed E-state index contributed by atoms with van der Waals surface area (Å²) >= 11 is 0. The van der Waals surface area contributed by atoms with Crippen molar-refractivity contribution in [2.45, 2.75) is 86.5 Å². The third kappa shape index (κ3) is 4.06. The molecule has 2 nitrogen and oxygen atoms in total. The van der Waals surface area contributed by atoms with Gasteiger partial charge >= 0.3 is 5.97 Å². The molecule has 2 heteroatoms. The van der Waals surface area contributed by atoms with Gasteiger partial charge in [-0.3, -0.25) is 4.79 Å². The maximum absolute atomic E-state index is 11.7. The second kappa shape index (κ2) is 7.62. The van der Waals surface area contributed by atoms with Gasteiger partial charge in [0.05, 0.1) is 6.61 Å². The topological polar surface area (TPSA) is 26.3 Å². The van der Waals surface area contributed by atoms with Crippen molar-refractivity contribution >= 4 is 5.97 Å². The maximum Gasteiger partial charge on any atom is 0.306 e. The van der Waals surface area contributed by atoms with E-state index in [1.165, 1.54) is 32.1 Å². The lowest BCUT2D eigenvalue weighted by atomic mass is 9.48. The highest BCUT2D eigenvalue weighted by molar-refractivity contribution is 5.69. The third-order valence-corrected chi connectivity index (χ3v) is 7.07. The molecule has 0 spiro atoms. The lowest BCUT2D eigenvalue weighted by molar-refractivity contribution is -0.144. The van der Waals surface area contributed by atoms with Crippen LogP contribution in [-0.4, -0.2) is 12.6 Å². The Morgan fingerprint density at radius 3 is 2.71 bits per heavy atom. The van der Waals surface area contributed by atoms with Gasteiger partial charge in [0.25, 0.3) is 0 Å². The van der Waals surface area contributed by atoms with Crippen molar-refractivity contribution in [3.8, 4) is 0 Å². The number of fused-ring (bicyclic) bond motifs is 1. The van der Waals surface area contributed by atoms with Crippen LogP contribution in [0.2, 0.25) is 0 Å². The van der Waals surface area contributed by atoms with Gasteiger partial charge in [0.2, 0.25) is 0 Å². The minimum Gasteiger partial charge on any atom is -0.466 e. The fourth-order valence-corrected chi connectivity index (χ4v) is 5.75. The average Bonchev–Trinajstić information content (AvgIpc) is 2.45. The van der Waals surface area contributed by atoms with E-state index in [1.807, 2.05) is 6.92 Å². The molecule has 0 N–H and O–H groups in total. The van der Waals surface area contributed by atoms with Crippen LogP contribution in [0.25, 0.3) is 0 Å². The molecule has 0 amide bonds. The Bertz CT molecular complexity index is 476. The molecular formula is C22H38O2. The molecule has 2 rings (SSSR count). The van der Waals surface area contributed by atoms with Crippen LogP contribution < -0.4 is 0 Å². The SMILES string of the molecule is CCOC(=O)CC(C)CCC1C(C)=CCC2C(C)(C)CCCC12C. The number of ether oxygens (including phenoxy) is 1. The summed E-state index contributed by atoms with van der Waals surface area (Å²) in [6, 6.07) is 0. The first kappa shape index (κ1) is 19.5. The third-order valence-electron chi connectivity index (χ3n) is 7.07. The highest BCUT2D eigenvalue weighted by Crippen LogP contribution is 2.60. The van der Waals surface area contributed by atoms with Crippen molar-refractivity contribution in [3.05, 3.63) is 11.6 Å². The molecule has 0 bridgehead atoms. The van der Waals surface area contributed by atoms with E-state index in [9.17, 15) is 4.79 Å². The van der Waals surface area contributed by atoms with E-state index in [1.54, 1.807) is 5.57 Å². The Kier molecular flexibility index (Phi) is 6.20. The highest BCUT2D eigenvalue weighted by atomic mass is 16.5. The maximum atomic E-state index is 11.7. The minimum absolute atomic E-state index is 0.0382. The summed E-state index contributed by atoms with van der Waals surface area (Å²) in [4.78, 5) is 11.7. The number of hydrogen-bond donors (Lipinski definition) is 0. The summed E-state index contributed by atoms with van der Waals surface area (Å²) in [6.07, 6.45) is 10.8. The molecule has 2 aliphatic carbocycles. The highest BCUT2D eigenvalue weighted by Gasteiger charge is 2.51. The van der Waals surface area contributed by atoms with Crippen LogP contribution in [-0.2, 0) is 9.53 Å². The average molecular weight is 335 g/mol. The molecule has 0 aromatic carbocycles. The molecule has 4 unspecified atom stereocenters. The second-order valence-corrected chi connectivity index (χ2v) is 9.33. The van der Waals surface area contributed by atoms with Crippen LogP contribution in [0.15, 0.2) is 11.6 Å². The van der Waals surface area contributed by atoms with Crippen molar-refractivity contribution in [3.63, 3.8) is 0 Å². The smallest absolute Gasteiger partial charge is 0.306 e. The molecule has 0 radical (unpaired) electrons. The molecule has 0 aliphatic heterocycles. The Balaban J connectivity index is 2.04. The van der Waals surface area contributed by atoms with Gasteiger partial charge in [-0.2, -0.15) is 0 Å². The van der Waals surface area contributed by atoms with E-state index in [-0.39, 0.29) is 5.97 Å². The zero-order valence-electron chi connectivity index (χ0n) is 16.8. The predicted octanol–water partition coefficient (Wildman–Crippen LogP) is 6.15. The summed E-state index contributed by atoms with van der Waals surface area (Å²) in [5.74, 6) is 1.86. The molecular weight excluding hydrogens is 296 g/mol. The molecule has 1 saturated carbocycles. The van der Waals surface area contributed by atoms with E-state index in [2.05, 4.69) is 40.7 Å². The van der Waals surface area contributed by atoms with E-state index < -0.39 is 0 Å². The summed E-state index contributed by atoms with van der Waals surface area (Å²) in [5, 5.41) is 0. The summed E-state index contributed by atoms with van der Waals surface area (Å²) in [7, 11) is 0. The Hall–Kier alpha value is -0.790. The van der Waals surface area contributed by atoms with Crippen LogP contribution in [0.1, 0.15) is 86.5 Å². The molecule has 0 aromatic rings. The minimum atomic E-state index is -0.0382. The van der Waals surface area contributed by atoms with Crippen molar-refractivity contribution in [1.29, 1.82) is 0 Å². The molecule has 0 heterocycles. The van der Waals surface area contributed by atoms with Gasteiger partial charge in [-0.1, -0.05) is 45.8 Å². The van der Waals surface area contributed by atoms with Crippen LogP contribution in [0, 0.1) is 28.6 Å². The van der Waals surface area contributed by atoms with E-state index >= 15 is 0 Å². The van der Waals surface area contributed by atoms with Crippen LogP contribution in [0.3, 0.4) is 0 Å². The number of esters is 1. The van der Waals surface area contributed by atoms with E-state index in [4.69, 9.17) is 4.74 Å². The van der Waals surface area contributed by atoms with Gasteiger partial charge < -0.3 is 4.74 Å². The van der Waals surface area contributed by atoms with Crippen molar-refractivity contribution in [2.24, 2.45) is 28.6 Å². The molecule has 2 aliphatic rings. The number of carbonyl (C=O) groups is 1. The second-order valence-electron chi connectivity index (χ2n) is 9.33. The number of allylic oxidation sites excluding steroid dienone is 2. The van der Waals surface area contributed by atoms with Gasteiger partial charge in [-0.25, -0.2) is 0 Å². The first-order chi connectivity index (χ1) is 11.2. The van der Waals surface area contributed by atoms with Gasteiger partial charge in [0, 0.05) is 6.42 Å². The Labute approximate surface area is 149 Å². The van der Waals surface area contributed by atoms with Gasteiger partial charge in [0.15, 0.2) is 0 Å². The van der Waals surface area contributed by atoms with Crippen LogP contribution >= 0.6 is 0 Å². The van der Waals surface area contributed by atoms with Gasteiger partial charge in [0.1, 0.15) is 0 Å². The molecule has 4 atom stereocenters. The lowest BCUT2D eigenvalue weighted by Gasteiger charge is -2.57. The fourth-order valence-electron chi connectivity index (χ4n) is 5.75. The molecule has 138 valence electrons. The molecule has 0 aromatic heterocycles. The quantitative estimate of drug-likeness (QED) is 0.430. The number of hydrogen-bond acceptors (Lipinski definition) is 2. The number of carbonyl (C=O) groups excluding carboxylic acids is 1. The van der Waals surface area contributed by atoms with Crippen LogP contribution in [0.5, 0.6) is 0 Å². The van der Waals surface area contributed by atoms with Crippen LogP contribution in [0.4, 0.5) is 0 Å². The van der Waals surface area contributed by atoms with Crippen molar-refractivity contribution in [1.82, 2.24) is 0 Å². The molecule has 0 saturated heterocycles. The summed E-state index contributed by atoms with van der Waals surface area (Å²) in [6.45, 7) is 14.4. The largest absolute Gasteiger partial charge is 0.466 e. The van der Waals surface area contributed by atoms with Crippen molar-refractivity contribution < 1.29 is 9.53 Å². The van der Waals surface area contributed by atoms with Gasteiger partial charge in [-0.05, 0) is 74.5 Å².